The molecule has 5 rings (SSSR count). The Balaban J connectivity index is 0.000000181. The number of carbonyl (C=O) groups excluding carboxylic acids is 1. The van der Waals surface area contributed by atoms with Crippen LogP contribution in [-0.2, 0) is 0 Å². The topological polar surface area (TPSA) is 53.0 Å². The van der Waals surface area contributed by atoms with Gasteiger partial charge in [0.05, 0.1) is 24.0 Å². The summed E-state index contributed by atoms with van der Waals surface area (Å²) in [6.07, 6.45) is 1.12. The molecule has 1 aliphatic heterocycles. The molecule has 4 aromatic carbocycles. The van der Waals surface area contributed by atoms with Crippen molar-refractivity contribution in [1.82, 2.24) is 4.90 Å². The lowest BCUT2D eigenvalue weighted by molar-refractivity contribution is 0.103. The molecule has 0 aliphatic carbocycles. The highest BCUT2D eigenvalue weighted by Crippen LogP contribution is 2.48. The first-order valence-corrected chi connectivity index (χ1v) is 13.5. The number of benzene rings is 4. The normalized spacial score (nSPS) is 11.8. The zero-order valence-electron chi connectivity index (χ0n) is 21.7. The Bertz CT molecular complexity index is 1400. The average molecular weight is 547 g/mol. The largest absolute Gasteiger partial charge is 0.507 e. The quantitative estimate of drug-likeness (QED) is 0.242. The molecule has 0 spiro atoms. The summed E-state index contributed by atoms with van der Waals surface area (Å²) < 4.78 is 4.96. The van der Waals surface area contributed by atoms with Crippen LogP contribution in [0.3, 0.4) is 0 Å². The van der Waals surface area contributed by atoms with Gasteiger partial charge in [-0.3, -0.25) is 4.79 Å². The number of hydrogen-bond donors (Lipinski definition) is 1. The third kappa shape index (κ3) is 6.70. The van der Waals surface area contributed by atoms with Crippen molar-refractivity contribution in [1.29, 1.82) is 0 Å². The van der Waals surface area contributed by atoms with Crippen LogP contribution in [0.4, 0.5) is 11.4 Å². The number of anilines is 2. The second kappa shape index (κ2) is 12.9. The monoisotopic (exact) mass is 546 g/mol. The van der Waals surface area contributed by atoms with E-state index in [0.29, 0.717) is 11.3 Å². The molecule has 0 aromatic heterocycles. The number of halogens is 1. The highest BCUT2D eigenvalue weighted by Gasteiger charge is 2.23. The molecule has 0 bridgehead atoms. The number of rotatable bonds is 7. The van der Waals surface area contributed by atoms with Crippen molar-refractivity contribution in [3.8, 4) is 11.5 Å². The van der Waals surface area contributed by atoms with E-state index in [4.69, 9.17) is 16.3 Å². The summed E-state index contributed by atoms with van der Waals surface area (Å²) in [6.45, 7) is 2.09. The Labute approximate surface area is 233 Å². The summed E-state index contributed by atoms with van der Waals surface area (Å²) in [5, 5.41) is 10.6. The molecule has 1 N–H and O–H groups in total. The van der Waals surface area contributed by atoms with Gasteiger partial charge in [0.25, 0.3) is 0 Å². The first-order valence-electron chi connectivity index (χ1n) is 12.3. The molecule has 7 heteroatoms. The van der Waals surface area contributed by atoms with Crippen LogP contribution in [-0.4, -0.2) is 50.1 Å². The highest BCUT2D eigenvalue weighted by atomic mass is 35.5. The first-order chi connectivity index (χ1) is 18.4. The van der Waals surface area contributed by atoms with Crippen molar-refractivity contribution < 1.29 is 14.6 Å². The summed E-state index contributed by atoms with van der Waals surface area (Å²) in [4.78, 5) is 19.3. The lowest BCUT2D eigenvalue weighted by Gasteiger charge is -2.33. The molecule has 38 heavy (non-hydrogen) atoms. The van der Waals surface area contributed by atoms with Gasteiger partial charge in [-0.2, -0.15) is 0 Å². The SMILES string of the molecule is CN(C)CCCN1c2ccccc2Sc2ccc(Cl)cc21.COc1ccc(C(=O)c2ccccc2)c(O)c1. The molecule has 0 fully saturated rings. The maximum atomic E-state index is 12.1. The number of methoxy groups -OCH3 is 1. The van der Waals surface area contributed by atoms with Gasteiger partial charge in [-0.25, -0.2) is 0 Å². The van der Waals surface area contributed by atoms with Gasteiger partial charge in [0.2, 0.25) is 0 Å². The Morgan fingerprint density at radius 1 is 0.921 bits per heavy atom. The number of ketones is 1. The van der Waals surface area contributed by atoms with Crippen LogP contribution in [0.1, 0.15) is 22.3 Å². The van der Waals surface area contributed by atoms with Crippen molar-refractivity contribution in [2.45, 2.75) is 16.2 Å². The fourth-order valence-electron chi connectivity index (χ4n) is 4.16. The van der Waals surface area contributed by atoms with E-state index in [1.54, 1.807) is 36.4 Å². The summed E-state index contributed by atoms with van der Waals surface area (Å²) in [6, 6.07) is 28.2. The molecule has 1 heterocycles. The van der Waals surface area contributed by atoms with Gasteiger partial charge in [-0.05, 0) is 69.5 Å². The number of nitrogens with zero attached hydrogens (tertiary/aromatic N) is 2. The zero-order valence-corrected chi connectivity index (χ0v) is 23.3. The minimum atomic E-state index is -0.203. The van der Waals surface area contributed by atoms with E-state index < -0.39 is 0 Å². The van der Waals surface area contributed by atoms with E-state index in [1.165, 1.54) is 34.3 Å². The molecule has 0 unspecified atom stereocenters. The maximum absolute atomic E-state index is 12.1. The predicted octanol–water partition coefficient (Wildman–Crippen LogP) is 7.53. The van der Waals surface area contributed by atoms with Crippen molar-refractivity contribution in [3.63, 3.8) is 0 Å². The molecule has 0 amide bonds. The van der Waals surface area contributed by atoms with Gasteiger partial charge in [0.1, 0.15) is 11.5 Å². The van der Waals surface area contributed by atoms with E-state index in [9.17, 15) is 9.90 Å². The summed E-state index contributed by atoms with van der Waals surface area (Å²) in [5.41, 5.74) is 3.34. The van der Waals surface area contributed by atoms with E-state index in [0.717, 1.165) is 24.5 Å². The number of ether oxygens (including phenoxy) is 1. The second-order valence-electron chi connectivity index (χ2n) is 9.07. The number of para-hydroxylation sites is 1. The minimum absolute atomic E-state index is 0.0711. The van der Waals surface area contributed by atoms with Gasteiger partial charge in [0.15, 0.2) is 5.78 Å². The average Bonchev–Trinajstić information content (AvgIpc) is 2.93. The number of hydrogen-bond acceptors (Lipinski definition) is 6. The summed E-state index contributed by atoms with van der Waals surface area (Å²) >= 11 is 8.03. The van der Waals surface area contributed by atoms with Crippen LogP contribution in [0.2, 0.25) is 5.02 Å². The fraction of sp³-hybridized carbons (Fsp3) is 0.194. The molecule has 0 saturated carbocycles. The molecule has 0 atom stereocenters. The summed E-state index contributed by atoms with van der Waals surface area (Å²) in [5.74, 6) is 0.246. The van der Waals surface area contributed by atoms with Crippen molar-refractivity contribution >= 4 is 40.5 Å². The van der Waals surface area contributed by atoms with E-state index in [2.05, 4.69) is 60.3 Å². The van der Waals surface area contributed by atoms with Gasteiger partial charge in [-0.1, -0.05) is 65.8 Å². The first kappa shape index (κ1) is 27.6. The van der Waals surface area contributed by atoms with Crippen LogP contribution in [0.15, 0.2) is 101 Å². The molecule has 1 aliphatic rings. The highest BCUT2D eigenvalue weighted by molar-refractivity contribution is 7.99. The third-order valence-corrected chi connectivity index (χ3v) is 7.43. The van der Waals surface area contributed by atoms with Crippen LogP contribution in [0.5, 0.6) is 11.5 Å². The lowest BCUT2D eigenvalue weighted by Crippen LogP contribution is -2.25. The van der Waals surface area contributed by atoms with Gasteiger partial charge < -0.3 is 19.6 Å². The van der Waals surface area contributed by atoms with E-state index in [1.807, 2.05) is 23.9 Å². The Kier molecular flexibility index (Phi) is 9.34. The third-order valence-electron chi connectivity index (χ3n) is 6.06. The van der Waals surface area contributed by atoms with E-state index >= 15 is 0 Å². The number of phenols is 1. The molecular formula is C31H31ClN2O3S. The number of fused-ring (bicyclic) bond motifs is 2. The van der Waals surface area contributed by atoms with Crippen LogP contribution < -0.4 is 9.64 Å². The standard InChI is InChI=1S/C17H19ClN2S.C14H12O3/c1-19(2)10-5-11-20-14-6-3-4-7-16(14)21-17-9-8-13(18)12-15(17)20;1-17-11-7-8-12(13(15)9-11)14(16)10-5-3-2-4-6-10/h3-4,6-9,12H,5,10-11H2,1-2H3;2-9,15H,1H3. The molecular weight excluding hydrogens is 516 g/mol. The zero-order chi connectivity index (χ0) is 27.1. The van der Waals surface area contributed by atoms with Crippen LogP contribution in [0, 0.1) is 0 Å². The Hall–Kier alpha value is -3.45. The fourth-order valence-corrected chi connectivity index (χ4v) is 5.41. The number of carbonyl (C=O) groups is 1. The maximum Gasteiger partial charge on any atom is 0.196 e. The van der Waals surface area contributed by atoms with Crippen molar-refractivity contribution in [2.75, 3.05) is 39.2 Å². The van der Waals surface area contributed by atoms with Crippen molar-refractivity contribution in [3.05, 3.63) is 107 Å². The van der Waals surface area contributed by atoms with Crippen molar-refractivity contribution in [2.24, 2.45) is 0 Å². The van der Waals surface area contributed by atoms with Crippen LogP contribution >= 0.6 is 23.4 Å². The van der Waals surface area contributed by atoms with Gasteiger partial charge in [-0.15, -0.1) is 0 Å². The number of phenolic OH excluding ortho intramolecular Hbond substituents is 1. The predicted molar refractivity (Wildman–Crippen MR) is 157 cm³/mol. The van der Waals surface area contributed by atoms with E-state index in [-0.39, 0.29) is 17.1 Å². The number of aromatic hydroxyl groups is 1. The minimum Gasteiger partial charge on any atom is -0.507 e. The molecule has 196 valence electrons. The van der Waals surface area contributed by atoms with Gasteiger partial charge in [0, 0.05) is 33.0 Å². The second-order valence-corrected chi connectivity index (χ2v) is 10.6. The Morgan fingerprint density at radius 3 is 2.34 bits per heavy atom. The Morgan fingerprint density at radius 2 is 1.63 bits per heavy atom. The molecule has 0 radical (unpaired) electrons. The van der Waals surface area contributed by atoms with Crippen LogP contribution in [0.25, 0.3) is 0 Å². The van der Waals surface area contributed by atoms with Gasteiger partial charge >= 0.3 is 0 Å². The smallest absolute Gasteiger partial charge is 0.196 e. The molecule has 5 nitrogen and oxygen atoms in total. The lowest BCUT2D eigenvalue weighted by atomic mass is 10.0. The molecule has 0 saturated heterocycles. The summed E-state index contributed by atoms with van der Waals surface area (Å²) in [7, 11) is 5.74. The molecule has 4 aromatic rings.